The highest BCUT2D eigenvalue weighted by Gasteiger charge is 2.42. The third kappa shape index (κ3) is 2.89. The van der Waals surface area contributed by atoms with E-state index >= 15 is 0 Å². The molecule has 1 aliphatic carbocycles. The average Bonchev–Trinajstić information content (AvgIpc) is 2.38. The summed E-state index contributed by atoms with van der Waals surface area (Å²) in [5.74, 6) is 1.31. The van der Waals surface area contributed by atoms with Crippen LogP contribution >= 0.6 is 0 Å². The predicted molar refractivity (Wildman–Crippen MR) is 76.8 cm³/mol. The number of rotatable bonds is 3. The van der Waals surface area contributed by atoms with Gasteiger partial charge in [0.15, 0.2) is 5.82 Å². The van der Waals surface area contributed by atoms with Crippen LogP contribution in [0.1, 0.15) is 58.0 Å². The van der Waals surface area contributed by atoms with Crippen molar-refractivity contribution in [3.8, 4) is 0 Å². The van der Waals surface area contributed by atoms with Crippen molar-refractivity contribution in [3.63, 3.8) is 0 Å². The summed E-state index contributed by atoms with van der Waals surface area (Å²) in [7, 11) is 1.76. The van der Waals surface area contributed by atoms with Gasteiger partial charge in [0.05, 0.1) is 0 Å². The second-order valence-electron chi connectivity index (χ2n) is 6.32. The lowest BCUT2D eigenvalue weighted by molar-refractivity contribution is -0.0729. The molecule has 0 amide bonds. The Morgan fingerprint density at radius 2 is 1.84 bits per heavy atom. The summed E-state index contributed by atoms with van der Waals surface area (Å²) >= 11 is 0. The van der Waals surface area contributed by atoms with Crippen LogP contribution in [0.5, 0.6) is 0 Å². The molecule has 1 heterocycles. The molecule has 106 valence electrons. The van der Waals surface area contributed by atoms with Gasteiger partial charge in [-0.05, 0) is 37.5 Å². The van der Waals surface area contributed by atoms with Crippen LogP contribution in [0.25, 0.3) is 0 Å². The average molecular weight is 263 g/mol. The summed E-state index contributed by atoms with van der Waals surface area (Å²) in [6.07, 6.45) is 5.04. The minimum Gasteiger partial charge on any atom is -0.384 e. The summed E-state index contributed by atoms with van der Waals surface area (Å²) in [6.45, 7) is 6.70. The van der Waals surface area contributed by atoms with Gasteiger partial charge in [-0.15, -0.1) is 0 Å². The lowest BCUT2D eigenvalue weighted by Crippen LogP contribution is -2.38. The van der Waals surface area contributed by atoms with Crippen molar-refractivity contribution >= 4 is 5.82 Å². The first-order chi connectivity index (χ1) is 8.91. The summed E-state index contributed by atoms with van der Waals surface area (Å²) in [5, 5.41) is 0. The maximum atomic E-state index is 5.90. The molecule has 2 N–H and O–H groups in total. The summed E-state index contributed by atoms with van der Waals surface area (Å²) < 4.78 is 5.83. The Balaban J connectivity index is 2.34. The highest BCUT2D eigenvalue weighted by atomic mass is 16.5. The molecule has 0 bridgehead atoms. The van der Waals surface area contributed by atoms with Gasteiger partial charge < -0.3 is 10.5 Å². The summed E-state index contributed by atoms with van der Waals surface area (Å²) in [5.41, 5.74) is 6.92. The molecule has 4 heteroatoms. The van der Waals surface area contributed by atoms with Crippen molar-refractivity contribution in [1.29, 1.82) is 0 Å². The molecule has 0 aliphatic heterocycles. The molecule has 2 rings (SSSR count). The molecule has 4 nitrogen and oxygen atoms in total. The van der Waals surface area contributed by atoms with Crippen molar-refractivity contribution in [1.82, 2.24) is 9.97 Å². The molecule has 0 radical (unpaired) electrons. The Morgan fingerprint density at radius 3 is 2.37 bits per heavy atom. The first-order valence-electron chi connectivity index (χ1n) is 7.10. The van der Waals surface area contributed by atoms with Crippen LogP contribution in [0.15, 0.2) is 6.07 Å². The maximum absolute atomic E-state index is 5.90. The normalized spacial score (nSPS) is 21.3. The number of anilines is 1. The topological polar surface area (TPSA) is 61.0 Å². The van der Waals surface area contributed by atoms with Crippen molar-refractivity contribution in [2.24, 2.45) is 5.41 Å². The van der Waals surface area contributed by atoms with Crippen molar-refractivity contribution in [2.75, 3.05) is 12.8 Å². The van der Waals surface area contributed by atoms with Crippen LogP contribution in [0.2, 0.25) is 0 Å². The van der Waals surface area contributed by atoms with Crippen molar-refractivity contribution < 1.29 is 4.74 Å². The number of aromatic nitrogens is 2. The third-order valence-electron chi connectivity index (χ3n) is 4.37. The van der Waals surface area contributed by atoms with E-state index in [0.29, 0.717) is 11.2 Å². The van der Waals surface area contributed by atoms with E-state index in [-0.39, 0.29) is 5.60 Å². The van der Waals surface area contributed by atoms with Gasteiger partial charge in [0.25, 0.3) is 0 Å². The molecule has 0 saturated heterocycles. The van der Waals surface area contributed by atoms with Crippen molar-refractivity contribution in [3.05, 3.63) is 17.6 Å². The number of aryl methyl sites for hydroxylation is 1. The van der Waals surface area contributed by atoms with Gasteiger partial charge in [-0.2, -0.15) is 0 Å². The van der Waals surface area contributed by atoms with Gasteiger partial charge in [-0.1, -0.05) is 20.8 Å². The standard InChI is InChI=1S/C15H25N3O/c1-5-11-10-12(16)18-13(17-11)15(19-4)8-6-14(2,3)7-9-15/h10H,5-9H2,1-4H3,(H2,16,17,18). The van der Waals surface area contributed by atoms with Gasteiger partial charge in [-0.3, -0.25) is 0 Å². The number of hydrogen-bond donors (Lipinski definition) is 1. The van der Waals surface area contributed by atoms with Crippen LogP contribution in [0.3, 0.4) is 0 Å². The zero-order valence-corrected chi connectivity index (χ0v) is 12.5. The largest absolute Gasteiger partial charge is 0.384 e. The monoisotopic (exact) mass is 263 g/mol. The highest BCUT2D eigenvalue weighted by Crippen LogP contribution is 2.46. The molecule has 1 aromatic heterocycles. The molecule has 0 aromatic carbocycles. The van der Waals surface area contributed by atoms with E-state index < -0.39 is 0 Å². The van der Waals surface area contributed by atoms with Crippen LogP contribution < -0.4 is 5.73 Å². The molecular formula is C15H25N3O. The lowest BCUT2D eigenvalue weighted by Gasteiger charge is -2.41. The molecule has 0 unspecified atom stereocenters. The Bertz CT molecular complexity index is 447. The van der Waals surface area contributed by atoms with E-state index in [1.165, 1.54) is 0 Å². The highest BCUT2D eigenvalue weighted by molar-refractivity contribution is 5.31. The third-order valence-corrected chi connectivity index (χ3v) is 4.37. The second-order valence-corrected chi connectivity index (χ2v) is 6.32. The fraction of sp³-hybridized carbons (Fsp3) is 0.733. The first kappa shape index (κ1) is 14.3. The van der Waals surface area contributed by atoms with Gasteiger partial charge >= 0.3 is 0 Å². The van der Waals surface area contributed by atoms with Gasteiger partial charge in [0, 0.05) is 18.9 Å². The predicted octanol–water partition coefficient (Wildman–Crippen LogP) is 3.06. The van der Waals surface area contributed by atoms with Gasteiger partial charge in [-0.25, -0.2) is 9.97 Å². The van der Waals surface area contributed by atoms with Gasteiger partial charge in [0.1, 0.15) is 11.4 Å². The Kier molecular flexibility index (Phi) is 3.81. The quantitative estimate of drug-likeness (QED) is 0.910. The second kappa shape index (κ2) is 5.08. The number of nitrogen functional groups attached to an aromatic ring is 1. The zero-order chi connectivity index (χ0) is 14.1. The summed E-state index contributed by atoms with van der Waals surface area (Å²) in [6, 6.07) is 1.85. The minimum atomic E-state index is -0.352. The fourth-order valence-corrected chi connectivity index (χ4v) is 2.75. The molecule has 19 heavy (non-hydrogen) atoms. The van der Waals surface area contributed by atoms with E-state index in [4.69, 9.17) is 10.5 Å². The number of nitrogens with two attached hydrogens (primary N) is 1. The molecule has 1 aliphatic rings. The van der Waals surface area contributed by atoms with Crippen LogP contribution in [0.4, 0.5) is 5.82 Å². The first-order valence-corrected chi connectivity index (χ1v) is 7.10. The summed E-state index contributed by atoms with van der Waals surface area (Å²) in [4.78, 5) is 9.09. The van der Waals surface area contributed by atoms with Crippen LogP contribution in [-0.4, -0.2) is 17.1 Å². The molecule has 0 spiro atoms. The molecule has 1 fully saturated rings. The van der Waals surface area contributed by atoms with Crippen molar-refractivity contribution in [2.45, 2.75) is 58.5 Å². The Labute approximate surface area is 115 Å². The number of nitrogens with zero attached hydrogens (tertiary/aromatic N) is 2. The van der Waals surface area contributed by atoms with E-state index in [1.54, 1.807) is 7.11 Å². The SMILES string of the molecule is CCc1cc(N)nc(C2(OC)CCC(C)(C)CC2)n1. The molecular weight excluding hydrogens is 238 g/mol. The number of methoxy groups -OCH3 is 1. The van der Waals surface area contributed by atoms with E-state index in [2.05, 4.69) is 30.7 Å². The van der Waals surface area contributed by atoms with E-state index in [0.717, 1.165) is 43.6 Å². The van der Waals surface area contributed by atoms with E-state index in [1.807, 2.05) is 6.07 Å². The van der Waals surface area contributed by atoms with Gasteiger partial charge in [0.2, 0.25) is 0 Å². The minimum absolute atomic E-state index is 0.352. The van der Waals surface area contributed by atoms with Crippen LogP contribution in [-0.2, 0) is 16.8 Å². The maximum Gasteiger partial charge on any atom is 0.162 e. The smallest absolute Gasteiger partial charge is 0.162 e. The lowest BCUT2D eigenvalue weighted by atomic mass is 9.70. The Hall–Kier alpha value is -1.16. The fourth-order valence-electron chi connectivity index (χ4n) is 2.75. The number of ether oxygens (including phenoxy) is 1. The van der Waals surface area contributed by atoms with E-state index in [9.17, 15) is 0 Å². The molecule has 1 aromatic rings. The van der Waals surface area contributed by atoms with Crippen LogP contribution in [0, 0.1) is 5.41 Å². The molecule has 0 atom stereocenters. The molecule has 1 saturated carbocycles. The number of hydrogen-bond acceptors (Lipinski definition) is 4. The Morgan fingerprint density at radius 1 is 1.21 bits per heavy atom. The zero-order valence-electron chi connectivity index (χ0n) is 12.5.